The molecule has 1 aromatic rings. The molecule has 0 radical (unpaired) electrons. The molecule has 1 heterocycles. The van der Waals surface area contributed by atoms with Gasteiger partial charge in [0.05, 0.1) is 13.2 Å². The highest BCUT2D eigenvalue weighted by atomic mass is 16.5. The summed E-state index contributed by atoms with van der Waals surface area (Å²) in [7, 11) is 1.44. The number of methoxy groups -OCH3 is 1. The quantitative estimate of drug-likeness (QED) is 0.710. The van der Waals surface area contributed by atoms with Crippen LogP contribution in [0.3, 0.4) is 0 Å². The first-order valence-electron chi connectivity index (χ1n) is 7.28. The van der Waals surface area contributed by atoms with E-state index in [0.29, 0.717) is 11.3 Å². The Hall–Kier alpha value is -2.28. The fourth-order valence-electron chi connectivity index (χ4n) is 3.14. The molecule has 7 heteroatoms. The van der Waals surface area contributed by atoms with Crippen LogP contribution >= 0.6 is 0 Å². The summed E-state index contributed by atoms with van der Waals surface area (Å²) in [5.41, 5.74) is -0.000958. The van der Waals surface area contributed by atoms with E-state index < -0.39 is 23.4 Å². The molecule has 3 N–H and O–H groups in total. The maximum absolute atomic E-state index is 11.8. The highest BCUT2D eigenvalue weighted by Gasteiger charge is 2.49. The van der Waals surface area contributed by atoms with Gasteiger partial charge in [-0.3, -0.25) is 4.79 Å². The molecule has 126 valence electrons. The predicted molar refractivity (Wildman–Crippen MR) is 81.4 cm³/mol. The zero-order valence-electron chi connectivity index (χ0n) is 13.3. The standard InChI is InChI=1S/C16H21NO6/c1-9(18)16(2)8-17(14(20)15(21)22)7-11(16)10-4-5-13(23-3)12(19)6-10/h4-6,9,11,18-19H,7-8H2,1-3H3,(H,21,22). The molecule has 3 atom stereocenters. The molecule has 23 heavy (non-hydrogen) atoms. The summed E-state index contributed by atoms with van der Waals surface area (Å²) in [5.74, 6) is -2.53. The number of likely N-dealkylation sites (tertiary alicyclic amines) is 1. The number of carboxylic acid groups (broad SMARTS) is 1. The third kappa shape index (κ3) is 2.96. The normalized spacial score (nSPS) is 25.2. The van der Waals surface area contributed by atoms with Gasteiger partial charge in [0.15, 0.2) is 11.5 Å². The topological polar surface area (TPSA) is 107 Å². The Morgan fingerprint density at radius 2 is 2.09 bits per heavy atom. The summed E-state index contributed by atoms with van der Waals surface area (Å²) in [5, 5.41) is 29.1. The minimum atomic E-state index is -1.52. The Morgan fingerprint density at radius 1 is 1.43 bits per heavy atom. The first-order chi connectivity index (χ1) is 10.7. The largest absolute Gasteiger partial charge is 0.504 e. The van der Waals surface area contributed by atoms with Crippen molar-refractivity contribution < 1.29 is 29.6 Å². The highest BCUT2D eigenvalue weighted by molar-refractivity contribution is 6.31. The van der Waals surface area contributed by atoms with Crippen LogP contribution in [0.25, 0.3) is 0 Å². The Kier molecular flexibility index (Phi) is 4.51. The van der Waals surface area contributed by atoms with E-state index in [4.69, 9.17) is 9.84 Å². The van der Waals surface area contributed by atoms with Crippen molar-refractivity contribution >= 4 is 11.9 Å². The van der Waals surface area contributed by atoms with E-state index in [-0.39, 0.29) is 24.8 Å². The monoisotopic (exact) mass is 323 g/mol. The van der Waals surface area contributed by atoms with E-state index in [9.17, 15) is 19.8 Å². The molecule has 0 saturated carbocycles. The van der Waals surface area contributed by atoms with Crippen molar-refractivity contribution in [2.75, 3.05) is 20.2 Å². The summed E-state index contributed by atoms with van der Waals surface area (Å²) in [6.45, 7) is 3.72. The second-order valence-electron chi connectivity index (χ2n) is 6.16. The molecule has 1 aromatic carbocycles. The minimum Gasteiger partial charge on any atom is -0.504 e. The molecule has 0 aliphatic carbocycles. The number of aliphatic hydroxyl groups excluding tert-OH is 1. The number of phenols is 1. The molecule has 0 spiro atoms. The number of carboxylic acids is 1. The number of benzene rings is 1. The van der Waals surface area contributed by atoms with Gasteiger partial charge in [-0.25, -0.2) is 4.79 Å². The molecule has 2 rings (SSSR count). The average Bonchev–Trinajstić information content (AvgIpc) is 2.85. The summed E-state index contributed by atoms with van der Waals surface area (Å²) in [6, 6.07) is 4.88. The Balaban J connectivity index is 2.40. The van der Waals surface area contributed by atoms with Gasteiger partial charge in [0, 0.05) is 24.4 Å². The first-order valence-corrected chi connectivity index (χ1v) is 7.28. The van der Waals surface area contributed by atoms with Gasteiger partial charge in [-0.05, 0) is 24.6 Å². The maximum Gasteiger partial charge on any atom is 0.394 e. The van der Waals surface area contributed by atoms with Gasteiger partial charge in [0.2, 0.25) is 0 Å². The van der Waals surface area contributed by atoms with Gasteiger partial charge in [0.25, 0.3) is 0 Å². The van der Waals surface area contributed by atoms with E-state index >= 15 is 0 Å². The van der Waals surface area contributed by atoms with Crippen molar-refractivity contribution in [3.8, 4) is 11.5 Å². The van der Waals surface area contributed by atoms with Crippen molar-refractivity contribution in [1.29, 1.82) is 0 Å². The van der Waals surface area contributed by atoms with Crippen LogP contribution in [0.2, 0.25) is 0 Å². The van der Waals surface area contributed by atoms with E-state index in [0.717, 1.165) is 0 Å². The van der Waals surface area contributed by atoms with Crippen LogP contribution in [-0.2, 0) is 9.59 Å². The van der Waals surface area contributed by atoms with Crippen molar-refractivity contribution in [2.45, 2.75) is 25.9 Å². The average molecular weight is 323 g/mol. The zero-order valence-corrected chi connectivity index (χ0v) is 13.3. The fourth-order valence-corrected chi connectivity index (χ4v) is 3.14. The first kappa shape index (κ1) is 17.1. The summed E-state index contributed by atoms with van der Waals surface area (Å²) >= 11 is 0. The van der Waals surface area contributed by atoms with E-state index in [2.05, 4.69) is 0 Å². The number of amides is 1. The second-order valence-corrected chi connectivity index (χ2v) is 6.16. The molecule has 1 fully saturated rings. The molecule has 1 aliphatic rings. The van der Waals surface area contributed by atoms with E-state index in [1.54, 1.807) is 26.0 Å². The lowest BCUT2D eigenvalue weighted by Gasteiger charge is -2.33. The SMILES string of the molecule is COc1ccc(C2CN(C(=O)C(=O)O)CC2(C)C(C)O)cc1O. The number of carbonyl (C=O) groups is 2. The molecular weight excluding hydrogens is 302 g/mol. The van der Waals surface area contributed by atoms with Crippen LogP contribution in [0, 0.1) is 5.41 Å². The summed E-state index contributed by atoms with van der Waals surface area (Å²) < 4.78 is 5.01. The van der Waals surface area contributed by atoms with Gasteiger partial charge in [-0.15, -0.1) is 0 Å². The number of phenolic OH excluding ortho intramolecular Hbond substituents is 1. The molecule has 0 aromatic heterocycles. The van der Waals surface area contributed by atoms with Gasteiger partial charge in [-0.1, -0.05) is 13.0 Å². The molecule has 3 unspecified atom stereocenters. The third-order valence-electron chi connectivity index (χ3n) is 4.76. The van der Waals surface area contributed by atoms with Crippen LogP contribution in [0.15, 0.2) is 18.2 Å². The number of aromatic hydroxyl groups is 1. The van der Waals surface area contributed by atoms with E-state index in [1.807, 2.05) is 0 Å². The number of hydrogen-bond acceptors (Lipinski definition) is 5. The molecular formula is C16H21NO6. The van der Waals surface area contributed by atoms with Crippen molar-refractivity contribution in [3.63, 3.8) is 0 Å². The zero-order chi connectivity index (χ0) is 17.4. The van der Waals surface area contributed by atoms with E-state index in [1.165, 1.54) is 18.1 Å². The third-order valence-corrected chi connectivity index (χ3v) is 4.76. The lowest BCUT2D eigenvalue weighted by molar-refractivity contribution is -0.155. The Morgan fingerprint density at radius 3 is 2.57 bits per heavy atom. The molecule has 1 amide bonds. The van der Waals surface area contributed by atoms with Gasteiger partial charge >= 0.3 is 11.9 Å². The lowest BCUT2D eigenvalue weighted by atomic mass is 9.72. The predicted octanol–water partition coefficient (Wildman–Crippen LogP) is 0.798. The molecule has 1 saturated heterocycles. The number of carbonyl (C=O) groups excluding carboxylic acids is 1. The van der Waals surface area contributed by atoms with Crippen LogP contribution in [0.4, 0.5) is 0 Å². The smallest absolute Gasteiger partial charge is 0.394 e. The number of aliphatic carboxylic acids is 1. The number of ether oxygens (including phenoxy) is 1. The van der Waals surface area contributed by atoms with Crippen LogP contribution < -0.4 is 4.74 Å². The molecule has 1 aliphatic heterocycles. The fraction of sp³-hybridized carbons (Fsp3) is 0.500. The van der Waals surface area contributed by atoms with Crippen molar-refractivity contribution in [1.82, 2.24) is 4.90 Å². The number of rotatable bonds is 3. The minimum absolute atomic E-state index is 0.0408. The number of hydrogen-bond donors (Lipinski definition) is 3. The number of aliphatic hydroxyl groups is 1. The lowest BCUT2D eigenvalue weighted by Crippen LogP contribution is -2.39. The van der Waals surface area contributed by atoms with Crippen LogP contribution in [0.5, 0.6) is 11.5 Å². The molecule has 7 nitrogen and oxygen atoms in total. The second kappa shape index (κ2) is 6.08. The van der Waals surface area contributed by atoms with Gasteiger partial charge in [-0.2, -0.15) is 0 Å². The van der Waals surface area contributed by atoms with Gasteiger partial charge in [0.1, 0.15) is 0 Å². The maximum atomic E-state index is 11.8. The van der Waals surface area contributed by atoms with Crippen molar-refractivity contribution in [2.24, 2.45) is 5.41 Å². The van der Waals surface area contributed by atoms with Crippen LogP contribution in [0.1, 0.15) is 25.3 Å². The number of nitrogens with zero attached hydrogens (tertiary/aromatic N) is 1. The Labute approximate surface area is 134 Å². The summed E-state index contributed by atoms with van der Waals surface area (Å²) in [6.07, 6.45) is -0.761. The molecule has 0 bridgehead atoms. The van der Waals surface area contributed by atoms with Crippen molar-refractivity contribution in [3.05, 3.63) is 23.8 Å². The highest BCUT2D eigenvalue weighted by Crippen LogP contribution is 2.46. The summed E-state index contributed by atoms with van der Waals surface area (Å²) in [4.78, 5) is 23.9. The van der Waals surface area contributed by atoms with Crippen LogP contribution in [-0.4, -0.2) is 58.4 Å². The Bertz CT molecular complexity index is 629. The van der Waals surface area contributed by atoms with Gasteiger partial charge < -0.3 is 25.0 Å².